The summed E-state index contributed by atoms with van der Waals surface area (Å²) in [6.45, 7) is -0.362. The molecule has 8 heteroatoms. The third-order valence-electron chi connectivity index (χ3n) is 3.44. The number of anilines is 1. The Hall–Kier alpha value is -2.03. The Morgan fingerprint density at radius 1 is 1.12 bits per heavy atom. The fourth-order valence-corrected chi connectivity index (χ4v) is 3.19. The Morgan fingerprint density at radius 3 is 2.33 bits per heavy atom. The summed E-state index contributed by atoms with van der Waals surface area (Å²) in [4.78, 5) is 1.09. The molecule has 2 aromatic rings. The summed E-state index contributed by atoms with van der Waals surface area (Å²) in [6.07, 6.45) is -1.12. The predicted octanol–water partition coefficient (Wildman–Crippen LogP) is 2.04. The first-order chi connectivity index (χ1) is 11.2. The van der Waals surface area contributed by atoms with Crippen LogP contribution in [0.15, 0.2) is 47.4 Å². The van der Waals surface area contributed by atoms with E-state index < -0.39 is 32.7 Å². The minimum atomic E-state index is -4.27. The van der Waals surface area contributed by atoms with E-state index in [4.69, 9.17) is 0 Å². The summed E-state index contributed by atoms with van der Waals surface area (Å²) in [5, 5.41) is 10.1. The molecule has 2 N–H and O–H groups in total. The van der Waals surface area contributed by atoms with Crippen LogP contribution < -0.4 is 9.62 Å². The van der Waals surface area contributed by atoms with Crippen molar-refractivity contribution in [3.05, 3.63) is 59.7 Å². The maximum Gasteiger partial charge on any atom is 0.243 e. The Labute approximate surface area is 139 Å². The highest BCUT2D eigenvalue weighted by Gasteiger charge is 2.21. The molecule has 0 aromatic heterocycles. The molecule has 5 nitrogen and oxygen atoms in total. The Balaban J connectivity index is 2.10. The predicted molar refractivity (Wildman–Crippen MR) is 87.3 cm³/mol. The van der Waals surface area contributed by atoms with Gasteiger partial charge in [-0.3, -0.25) is 0 Å². The lowest BCUT2D eigenvalue weighted by molar-refractivity contribution is 0.182. The number of hydrogen-bond acceptors (Lipinski definition) is 4. The van der Waals surface area contributed by atoms with Gasteiger partial charge in [-0.15, -0.1) is 0 Å². The zero-order valence-electron chi connectivity index (χ0n) is 13.2. The number of aliphatic hydroxyl groups is 1. The molecule has 0 radical (unpaired) electrons. The van der Waals surface area contributed by atoms with E-state index in [0.29, 0.717) is 11.6 Å². The van der Waals surface area contributed by atoms with Crippen molar-refractivity contribution < 1.29 is 22.3 Å². The van der Waals surface area contributed by atoms with E-state index in [-0.39, 0.29) is 6.54 Å². The van der Waals surface area contributed by atoms with E-state index >= 15 is 0 Å². The lowest BCUT2D eigenvalue weighted by Crippen LogP contribution is -2.29. The molecule has 0 fully saturated rings. The minimum absolute atomic E-state index is 0.362. The van der Waals surface area contributed by atoms with E-state index in [0.717, 1.165) is 17.8 Å². The van der Waals surface area contributed by atoms with Crippen LogP contribution in [0, 0.1) is 11.6 Å². The topological polar surface area (TPSA) is 69.6 Å². The Bertz CT molecular complexity index is 809. The minimum Gasteiger partial charge on any atom is -0.387 e. The first-order valence-corrected chi connectivity index (χ1v) is 8.59. The van der Waals surface area contributed by atoms with Gasteiger partial charge in [-0.2, -0.15) is 0 Å². The quantitative estimate of drug-likeness (QED) is 0.831. The van der Waals surface area contributed by atoms with Crippen molar-refractivity contribution in [1.29, 1.82) is 0 Å². The highest BCUT2D eigenvalue weighted by atomic mass is 32.2. The molecule has 1 atom stereocenters. The Kier molecular flexibility index (Phi) is 5.53. The van der Waals surface area contributed by atoms with Gasteiger partial charge in [-0.05, 0) is 35.9 Å². The number of hydrogen-bond donors (Lipinski definition) is 2. The second-order valence-electron chi connectivity index (χ2n) is 5.43. The summed E-state index contributed by atoms with van der Waals surface area (Å²) in [5.74, 6) is -1.93. The molecule has 0 aliphatic carbocycles. The number of benzene rings is 2. The fraction of sp³-hybridized carbons (Fsp3) is 0.250. The highest BCUT2D eigenvalue weighted by Crippen LogP contribution is 2.19. The van der Waals surface area contributed by atoms with E-state index in [1.165, 1.54) is 0 Å². The van der Waals surface area contributed by atoms with Crippen LogP contribution >= 0.6 is 0 Å². The van der Waals surface area contributed by atoms with E-state index in [1.807, 2.05) is 19.0 Å². The number of sulfonamides is 1. The van der Waals surface area contributed by atoms with Crippen molar-refractivity contribution in [1.82, 2.24) is 4.72 Å². The van der Waals surface area contributed by atoms with Crippen LogP contribution in [0.2, 0.25) is 0 Å². The van der Waals surface area contributed by atoms with Crippen molar-refractivity contribution in [2.45, 2.75) is 11.0 Å². The zero-order chi connectivity index (χ0) is 17.9. The molecule has 2 rings (SSSR count). The van der Waals surface area contributed by atoms with Crippen LogP contribution in [0.25, 0.3) is 0 Å². The Morgan fingerprint density at radius 2 is 1.75 bits per heavy atom. The van der Waals surface area contributed by atoms with Crippen molar-refractivity contribution in [3.8, 4) is 0 Å². The number of halogens is 2. The third kappa shape index (κ3) is 4.28. The average molecular weight is 356 g/mol. The second-order valence-corrected chi connectivity index (χ2v) is 7.16. The molecule has 0 bridgehead atoms. The van der Waals surface area contributed by atoms with Crippen LogP contribution in [-0.2, 0) is 10.0 Å². The molecule has 2 aromatic carbocycles. The summed E-state index contributed by atoms with van der Waals surface area (Å²) in [6, 6.07) is 9.04. The largest absolute Gasteiger partial charge is 0.387 e. The summed E-state index contributed by atoms with van der Waals surface area (Å²) in [5.41, 5.74) is 1.43. The van der Waals surface area contributed by atoms with Crippen LogP contribution in [0.3, 0.4) is 0 Å². The van der Waals surface area contributed by atoms with E-state index in [1.54, 1.807) is 24.3 Å². The van der Waals surface area contributed by atoms with E-state index in [2.05, 4.69) is 4.72 Å². The first kappa shape index (κ1) is 18.3. The van der Waals surface area contributed by atoms with Gasteiger partial charge in [-0.1, -0.05) is 12.1 Å². The van der Waals surface area contributed by atoms with E-state index in [9.17, 15) is 22.3 Å². The molecule has 24 heavy (non-hydrogen) atoms. The molecule has 0 aliphatic heterocycles. The van der Waals surface area contributed by atoms with Crippen LogP contribution in [-0.4, -0.2) is 34.2 Å². The van der Waals surface area contributed by atoms with Gasteiger partial charge < -0.3 is 10.0 Å². The third-order valence-corrected chi connectivity index (χ3v) is 4.88. The molecule has 130 valence electrons. The standard InChI is InChI=1S/C16H18F2N2O3S/c1-20(2)13-6-3-11(4-7-13)15(21)10-19-24(22,23)16-9-12(17)5-8-14(16)18/h3-9,15,19,21H,10H2,1-2H3. The molecule has 0 aliphatic rings. The lowest BCUT2D eigenvalue weighted by atomic mass is 10.1. The van der Waals surface area contributed by atoms with Crippen molar-refractivity contribution >= 4 is 15.7 Å². The van der Waals surface area contributed by atoms with Crippen molar-refractivity contribution in [3.63, 3.8) is 0 Å². The van der Waals surface area contributed by atoms with Gasteiger partial charge in [0.1, 0.15) is 16.5 Å². The average Bonchev–Trinajstić information content (AvgIpc) is 2.55. The van der Waals surface area contributed by atoms with Crippen molar-refractivity contribution in [2.24, 2.45) is 0 Å². The maximum absolute atomic E-state index is 13.6. The number of nitrogens with one attached hydrogen (secondary N) is 1. The molecule has 0 amide bonds. The first-order valence-electron chi connectivity index (χ1n) is 7.11. The molecular formula is C16H18F2N2O3S. The molecule has 0 spiro atoms. The van der Waals surface area contributed by atoms with Gasteiger partial charge in [0.25, 0.3) is 0 Å². The molecule has 0 heterocycles. The normalized spacial score (nSPS) is 12.9. The monoisotopic (exact) mass is 356 g/mol. The number of nitrogens with zero attached hydrogens (tertiary/aromatic N) is 1. The van der Waals surface area contributed by atoms with Gasteiger partial charge >= 0.3 is 0 Å². The summed E-state index contributed by atoms with van der Waals surface area (Å²) in [7, 11) is -0.535. The number of aliphatic hydroxyl groups excluding tert-OH is 1. The second kappa shape index (κ2) is 7.25. The summed E-state index contributed by atoms with van der Waals surface area (Å²) < 4.78 is 52.9. The lowest BCUT2D eigenvalue weighted by Gasteiger charge is -2.16. The summed E-state index contributed by atoms with van der Waals surface area (Å²) >= 11 is 0. The van der Waals surface area contributed by atoms with Gasteiger partial charge in [0.15, 0.2) is 0 Å². The van der Waals surface area contributed by atoms with Gasteiger partial charge in [0.2, 0.25) is 10.0 Å². The SMILES string of the molecule is CN(C)c1ccc(C(O)CNS(=O)(=O)c2cc(F)ccc2F)cc1. The smallest absolute Gasteiger partial charge is 0.243 e. The molecule has 0 saturated heterocycles. The van der Waals surface area contributed by atoms with Crippen LogP contribution in [0.5, 0.6) is 0 Å². The maximum atomic E-state index is 13.6. The molecule has 1 unspecified atom stereocenters. The van der Waals surface area contributed by atoms with Gasteiger partial charge in [0.05, 0.1) is 6.10 Å². The highest BCUT2D eigenvalue weighted by molar-refractivity contribution is 7.89. The van der Waals surface area contributed by atoms with Crippen LogP contribution in [0.1, 0.15) is 11.7 Å². The van der Waals surface area contributed by atoms with Crippen LogP contribution in [0.4, 0.5) is 14.5 Å². The zero-order valence-corrected chi connectivity index (χ0v) is 14.0. The van der Waals surface area contributed by atoms with Crippen molar-refractivity contribution in [2.75, 3.05) is 25.5 Å². The van der Waals surface area contributed by atoms with Gasteiger partial charge in [0, 0.05) is 26.3 Å². The molecule has 0 saturated carbocycles. The fourth-order valence-electron chi connectivity index (χ4n) is 2.06. The molecular weight excluding hydrogens is 338 g/mol. The van der Waals surface area contributed by atoms with Gasteiger partial charge in [-0.25, -0.2) is 21.9 Å². The number of rotatable bonds is 6.